The molecule has 6 nitrogen and oxygen atoms in total. The zero-order valence-electron chi connectivity index (χ0n) is 16.7. The van der Waals surface area contributed by atoms with Crippen molar-refractivity contribution in [1.29, 1.82) is 0 Å². The first-order valence-corrected chi connectivity index (χ1v) is 9.81. The van der Waals surface area contributed by atoms with Crippen LogP contribution >= 0.6 is 0 Å². The van der Waals surface area contributed by atoms with E-state index in [-0.39, 0.29) is 17.7 Å². The third-order valence-corrected chi connectivity index (χ3v) is 5.68. The first-order chi connectivity index (χ1) is 14.4. The van der Waals surface area contributed by atoms with Crippen molar-refractivity contribution in [2.45, 2.75) is 20.4 Å². The van der Waals surface area contributed by atoms with Gasteiger partial charge >= 0.3 is 0 Å². The van der Waals surface area contributed by atoms with Crippen molar-refractivity contribution < 1.29 is 19.2 Å². The molecule has 0 saturated carbocycles. The Kier molecular flexibility index (Phi) is 4.01. The molecule has 3 aromatic carbocycles. The first kappa shape index (κ1) is 18.5. The lowest BCUT2D eigenvalue weighted by Crippen LogP contribution is -2.40. The number of amides is 3. The Balaban J connectivity index is 1.45. The molecule has 0 bridgehead atoms. The van der Waals surface area contributed by atoms with Gasteiger partial charge in [-0.3, -0.25) is 19.2 Å². The van der Waals surface area contributed by atoms with Gasteiger partial charge in [-0.1, -0.05) is 36.4 Å². The lowest BCUT2D eigenvalue weighted by Gasteiger charge is -2.27. The van der Waals surface area contributed by atoms with E-state index in [1.54, 1.807) is 36.4 Å². The summed E-state index contributed by atoms with van der Waals surface area (Å²) in [5.74, 6) is -0.730. The van der Waals surface area contributed by atoms with Gasteiger partial charge in [0.15, 0.2) is 0 Å². The first-order valence-electron chi connectivity index (χ1n) is 9.81. The van der Waals surface area contributed by atoms with Crippen LogP contribution in [0.15, 0.2) is 60.7 Å². The number of hydrogen-bond donors (Lipinski definition) is 0. The minimum Gasteiger partial charge on any atom is -0.272 e. The van der Waals surface area contributed by atoms with E-state index in [9.17, 15) is 14.4 Å². The Morgan fingerprint density at radius 3 is 2.00 bits per heavy atom. The standard InChI is InChI=1S/C24H20N2O4/c1-24(2)14-30-25(23(24)29)13-15-9-11-17(12-10-15)26-21(27)18-7-3-5-16-6-4-8-19(20(16)18)22(26)28/h3-12H,13-14H2,1-2H3. The van der Waals surface area contributed by atoms with Gasteiger partial charge in [0.2, 0.25) is 0 Å². The second-order valence-corrected chi connectivity index (χ2v) is 8.32. The summed E-state index contributed by atoms with van der Waals surface area (Å²) in [5.41, 5.74) is 1.86. The smallest absolute Gasteiger partial charge is 0.265 e. The average molecular weight is 400 g/mol. The van der Waals surface area contributed by atoms with E-state index in [2.05, 4.69) is 0 Å². The lowest BCUT2D eigenvalue weighted by molar-refractivity contribution is -0.165. The maximum Gasteiger partial charge on any atom is 0.265 e. The van der Waals surface area contributed by atoms with Crippen LogP contribution in [0.1, 0.15) is 40.1 Å². The topological polar surface area (TPSA) is 66.9 Å². The fourth-order valence-corrected chi connectivity index (χ4v) is 4.00. The summed E-state index contributed by atoms with van der Waals surface area (Å²) >= 11 is 0. The highest BCUT2D eigenvalue weighted by atomic mass is 16.7. The molecule has 0 spiro atoms. The van der Waals surface area contributed by atoms with Gasteiger partial charge < -0.3 is 0 Å². The van der Waals surface area contributed by atoms with Crippen LogP contribution in [-0.2, 0) is 16.2 Å². The molecular formula is C24H20N2O4. The number of carbonyl (C=O) groups is 3. The van der Waals surface area contributed by atoms with Crippen molar-refractivity contribution >= 4 is 34.2 Å². The Labute approximate surface area is 173 Å². The van der Waals surface area contributed by atoms with Gasteiger partial charge in [-0.2, -0.15) is 0 Å². The Morgan fingerprint density at radius 1 is 0.867 bits per heavy atom. The molecule has 30 heavy (non-hydrogen) atoms. The number of rotatable bonds is 3. The molecule has 0 radical (unpaired) electrons. The van der Waals surface area contributed by atoms with Crippen LogP contribution in [0.3, 0.4) is 0 Å². The second kappa shape index (κ2) is 6.50. The summed E-state index contributed by atoms with van der Waals surface area (Å²) in [5, 5.41) is 2.94. The molecule has 150 valence electrons. The van der Waals surface area contributed by atoms with Gasteiger partial charge in [0.05, 0.1) is 24.3 Å². The van der Waals surface area contributed by atoms with Gasteiger partial charge in [0.25, 0.3) is 17.7 Å². The zero-order chi connectivity index (χ0) is 21.0. The zero-order valence-corrected chi connectivity index (χ0v) is 16.7. The van der Waals surface area contributed by atoms with Crippen LogP contribution in [0.2, 0.25) is 0 Å². The van der Waals surface area contributed by atoms with Crippen molar-refractivity contribution in [3.63, 3.8) is 0 Å². The molecule has 3 amide bonds. The summed E-state index contributed by atoms with van der Waals surface area (Å²) in [6.07, 6.45) is 0. The summed E-state index contributed by atoms with van der Waals surface area (Å²) in [7, 11) is 0. The Bertz CT molecular complexity index is 1160. The summed E-state index contributed by atoms with van der Waals surface area (Å²) < 4.78 is 0. The lowest BCUT2D eigenvalue weighted by atomic mass is 9.93. The Hall–Kier alpha value is -3.51. The van der Waals surface area contributed by atoms with Crippen molar-refractivity contribution in [3.05, 3.63) is 77.4 Å². The van der Waals surface area contributed by atoms with Crippen LogP contribution in [0.5, 0.6) is 0 Å². The van der Waals surface area contributed by atoms with E-state index in [4.69, 9.17) is 4.84 Å². The van der Waals surface area contributed by atoms with Crippen LogP contribution in [0.25, 0.3) is 10.8 Å². The number of anilines is 1. The molecular weight excluding hydrogens is 380 g/mol. The highest BCUT2D eigenvalue weighted by Crippen LogP contribution is 2.33. The molecule has 0 aliphatic carbocycles. The number of carbonyl (C=O) groups excluding carboxylic acids is 3. The predicted octanol–water partition coefficient (Wildman–Crippen LogP) is 3.94. The largest absolute Gasteiger partial charge is 0.272 e. The van der Waals surface area contributed by atoms with Crippen LogP contribution in [0.4, 0.5) is 5.69 Å². The molecule has 0 aromatic heterocycles. The highest BCUT2D eigenvalue weighted by Gasteiger charge is 2.40. The summed E-state index contributed by atoms with van der Waals surface area (Å²) in [6.45, 7) is 4.37. The van der Waals surface area contributed by atoms with Crippen LogP contribution in [-0.4, -0.2) is 29.4 Å². The van der Waals surface area contributed by atoms with Crippen molar-refractivity contribution in [1.82, 2.24) is 5.06 Å². The van der Waals surface area contributed by atoms with Crippen molar-refractivity contribution in [2.75, 3.05) is 11.5 Å². The van der Waals surface area contributed by atoms with Crippen LogP contribution < -0.4 is 4.90 Å². The van der Waals surface area contributed by atoms with E-state index in [0.717, 1.165) is 10.9 Å². The molecule has 1 saturated heterocycles. The van der Waals surface area contributed by atoms with Crippen LogP contribution in [0, 0.1) is 5.41 Å². The van der Waals surface area contributed by atoms with Gasteiger partial charge in [-0.15, -0.1) is 0 Å². The molecule has 2 aliphatic rings. The molecule has 5 rings (SSSR count). The number of hydrogen-bond acceptors (Lipinski definition) is 4. The third-order valence-electron chi connectivity index (χ3n) is 5.68. The normalized spacial score (nSPS) is 17.9. The van der Waals surface area contributed by atoms with E-state index >= 15 is 0 Å². The van der Waals surface area contributed by atoms with E-state index < -0.39 is 5.41 Å². The molecule has 3 aromatic rings. The number of nitrogens with zero attached hydrogens (tertiary/aromatic N) is 2. The predicted molar refractivity (Wildman–Crippen MR) is 112 cm³/mol. The summed E-state index contributed by atoms with van der Waals surface area (Å²) in [4.78, 5) is 45.3. The van der Waals surface area contributed by atoms with Gasteiger partial charge in [-0.25, -0.2) is 9.96 Å². The molecule has 2 aliphatic heterocycles. The van der Waals surface area contributed by atoms with E-state index in [1.165, 1.54) is 9.96 Å². The molecule has 2 heterocycles. The van der Waals surface area contributed by atoms with Crippen molar-refractivity contribution in [2.24, 2.45) is 5.41 Å². The molecule has 0 unspecified atom stereocenters. The van der Waals surface area contributed by atoms with E-state index in [0.29, 0.717) is 35.4 Å². The fraction of sp³-hybridized carbons (Fsp3) is 0.208. The quantitative estimate of drug-likeness (QED) is 0.625. The average Bonchev–Trinajstić information content (AvgIpc) is 3.00. The van der Waals surface area contributed by atoms with Gasteiger partial charge in [-0.05, 0) is 49.1 Å². The minimum atomic E-state index is -0.527. The van der Waals surface area contributed by atoms with Gasteiger partial charge in [0, 0.05) is 16.5 Å². The monoisotopic (exact) mass is 400 g/mol. The van der Waals surface area contributed by atoms with E-state index in [1.807, 2.05) is 38.1 Å². The molecule has 0 atom stereocenters. The summed E-state index contributed by atoms with van der Waals surface area (Å²) in [6, 6.07) is 18.0. The molecule has 6 heteroatoms. The highest BCUT2D eigenvalue weighted by molar-refractivity contribution is 6.35. The molecule has 1 fully saturated rings. The fourth-order valence-electron chi connectivity index (χ4n) is 4.00. The SMILES string of the molecule is CC1(C)CON(Cc2ccc(N3C(=O)c4cccc5cccc(c45)C3=O)cc2)C1=O. The second-order valence-electron chi connectivity index (χ2n) is 8.32. The maximum absolute atomic E-state index is 13.1. The minimum absolute atomic E-state index is 0.0577. The Morgan fingerprint density at radius 2 is 1.47 bits per heavy atom. The number of imide groups is 1. The number of benzene rings is 3. The number of hydroxylamine groups is 2. The maximum atomic E-state index is 13.1. The third kappa shape index (κ3) is 2.72. The molecule has 0 N–H and O–H groups in total. The van der Waals surface area contributed by atoms with Crippen molar-refractivity contribution in [3.8, 4) is 0 Å². The van der Waals surface area contributed by atoms with Gasteiger partial charge in [0.1, 0.15) is 0 Å².